The molecule has 1 aliphatic heterocycles. The Morgan fingerprint density at radius 1 is 1.11 bits per heavy atom. The first kappa shape index (κ1) is 22.9. The van der Waals surface area contributed by atoms with Gasteiger partial charge in [-0.1, -0.05) is 6.07 Å². The first-order valence-corrected chi connectivity index (χ1v) is 8.47. The highest BCUT2D eigenvalue weighted by molar-refractivity contribution is 6.05. The summed E-state index contributed by atoms with van der Waals surface area (Å²) in [7, 11) is 0. The van der Waals surface area contributed by atoms with Crippen LogP contribution in [0.4, 0.5) is 11.4 Å². The van der Waals surface area contributed by atoms with E-state index in [1.807, 2.05) is 19.1 Å². The monoisotopic (exact) mass is 410 g/mol. The highest BCUT2D eigenvalue weighted by Crippen LogP contribution is 2.22. The van der Waals surface area contributed by atoms with E-state index in [1.54, 1.807) is 30.6 Å². The summed E-state index contributed by atoms with van der Waals surface area (Å²) in [6.45, 7) is 3.60. The summed E-state index contributed by atoms with van der Waals surface area (Å²) in [6.07, 6.45) is 5.07. The lowest BCUT2D eigenvalue weighted by Gasteiger charge is -2.22. The van der Waals surface area contributed by atoms with Gasteiger partial charge in [0.05, 0.1) is 5.92 Å². The summed E-state index contributed by atoms with van der Waals surface area (Å²) in [5, 5.41) is 9.08. The number of hydrogen-bond acceptors (Lipinski definition) is 4. The number of piperidine rings is 1. The Balaban J connectivity index is 0.00000182. The minimum atomic E-state index is -0.203. The molecule has 2 aromatic rings. The molecule has 146 valence electrons. The van der Waals surface area contributed by atoms with Crippen molar-refractivity contribution in [3.8, 4) is 0 Å². The Hall–Kier alpha value is -2.15. The van der Waals surface area contributed by atoms with Crippen molar-refractivity contribution in [1.29, 1.82) is 0 Å². The third kappa shape index (κ3) is 6.20. The van der Waals surface area contributed by atoms with Crippen molar-refractivity contribution < 1.29 is 9.59 Å². The summed E-state index contributed by atoms with van der Waals surface area (Å²) in [4.78, 5) is 28.6. The van der Waals surface area contributed by atoms with E-state index in [-0.39, 0.29) is 42.5 Å². The molecule has 3 N–H and O–H groups in total. The summed E-state index contributed by atoms with van der Waals surface area (Å²) >= 11 is 0. The number of nitrogens with zero attached hydrogens (tertiary/aromatic N) is 1. The van der Waals surface area contributed by atoms with Crippen LogP contribution < -0.4 is 16.0 Å². The quantitative estimate of drug-likeness (QED) is 0.720. The predicted molar refractivity (Wildman–Crippen MR) is 112 cm³/mol. The Labute approximate surface area is 171 Å². The smallest absolute Gasteiger partial charge is 0.255 e. The van der Waals surface area contributed by atoms with E-state index in [4.69, 9.17) is 0 Å². The minimum absolute atomic E-state index is 0. The first-order chi connectivity index (χ1) is 12.1. The zero-order valence-corrected chi connectivity index (χ0v) is 16.7. The summed E-state index contributed by atoms with van der Waals surface area (Å²) in [5.41, 5.74) is 2.84. The van der Waals surface area contributed by atoms with Gasteiger partial charge in [-0.15, -0.1) is 24.8 Å². The molecule has 0 aliphatic carbocycles. The van der Waals surface area contributed by atoms with Crippen LogP contribution in [-0.2, 0) is 4.79 Å². The van der Waals surface area contributed by atoms with Crippen molar-refractivity contribution in [3.05, 3.63) is 53.9 Å². The van der Waals surface area contributed by atoms with Gasteiger partial charge in [0.15, 0.2) is 0 Å². The van der Waals surface area contributed by atoms with E-state index in [0.717, 1.165) is 24.9 Å². The molecule has 1 aromatic heterocycles. The SMILES string of the molecule is Cc1ccc(NC(=O)C2CCCNC2)cc1NC(=O)c1ccncc1.Cl.Cl. The van der Waals surface area contributed by atoms with Crippen LogP contribution in [0.1, 0.15) is 28.8 Å². The van der Waals surface area contributed by atoms with Gasteiger partial charge in [0.25, 0.3) is 5.91 Å². The topological polar surface area (TPSA) is 83.1 Å². The number of aromatic nitrogens is 1. The van der Waals surface area contributed by atoms with Crippen LogP contribution in [-0.4, -0.2) is 29.9 Å². The molecule has 1 unspecified atom stereocenters. The number of rotatable bonds is 4. The molecule has 1 saturated heterocycles. The molecule has 1 aliphatic rings. The third-order valence-electron chi connectivity index (χ3n) is 4.36. The molecule has 0 spiro atoms. The molecule has 0 saturated carbocycles. The Morgan fingerprint density at radius 3 is 2.52 bits per heavy atom. The lowest BCUT2D eigenvalue weighted by atomic mass is 9.98. The third-order valence-corrected chi connectivity index (χ3v) is 4.36. The van der Waals surface area contributed by atoms with Gasteiger partial charge in [0.1, 0.15) is 0 Å². The van der Waals surface area contributed by atoms with Gasteiger partial charge in [-0.05, 0) is 56.1 Å². The molecule has 2 heterocycles. The van der Waals surface area contributed by atoms with Crippen molar-refractivity contribution >= 4 is 48.0 Å². The molecule has 2 amide bonds. The lowest BCUT2D eigenvalue weighted by Crippen LogP contribution is -2.37. The van der Waals surface area contributed by atoms with Crippen LogP contribution >= 0.6 is 24.8 Å². The van der Waals surface area contributed by atoms with Gasteiger partial charge in [0.2, 0.25) is 5.91 Å². The van der Waals surface area contributed by atoms with Crippen molar-refractivity contribution in [3.63, 3.8) is 0 Å². The molecule has 6 nitrogen and oxygen atoms in total. The van der Waals surface area contributed by atoms with Gasteiger partial charge in [-0.2, -0.15) is 0 Å². The normalized spacial score (nSPS) is 15.7. The number of hydrogen-bond donors (Lipinski definition) is 3. The number of aryl methyl sites for hydroxylation is 1. The van der Waals surface area contributed by atoms with Crippen molar-refractivity contribution in [1.82, 2.24) is 10.3 Å². The fourth-order valence-electron chi connectivity index (χ4n) is 2.85. The number of amides is 2. The molecular formula is C19H24Cl2N4O2. The fraction of sp³-hybridized carbons (Fsp3) is 0.316. The molecule has 0 bridgehead atoms. The van der Waals surface area contributed by atoms with Gasteiger partial charge >= 0.3 is 0 Å². The molecule has 27 heavy (non-hydrogen) atoms. The number of carbonyl (C=O) groups is 2. The van der Waals surface area contributed by atoms with Crippen LogP contribution in [0.25, 0.3) is 0 Å². The largest absolute Gasteiger partial charge is 0.326 e. The van der Waals surface area contributed by atoms with Crippen LogP contribution in [0.3, 0.4) is 0 Å². The summed E-state index contributed by atoms with van der Waals surface area (Å²) in [5.74, 6) is -0.196. The second-order valence-electron chi connectivity index (χ2n) is 6.25. The van der Waals surface area contributed by atoms with Crippen LogP contribution in [0.5, 0.6) is 0 Å². The van der Waals surface area contributed by atoms with Crippen molar-refractivity contribution in [2.24, 2.45) is 5.92 Å². The maximum atomic E-state index is 12.4. The second-order valence-corrected chi connectivity index (χ2v) is 6.25. The standard InChI is InChI=1S/C19H22N4O2.2ClH/c1-13-4-5-16(22-19(25)15-3-2-8-21-12-15)11-17(13)23-18(24)14-6-9-20-10-7-14;;/h4-7,9-11,15,21H,2-3,8,12H2,1H3,(H,22,25)(H,23,24);2*1H. The molecule has 0 radical (unpaired) electrons. The molecule has 8 heteroatoms. The van der Waals surface area contributed by atoms with Gasteiger partial charge in [0, 0.05) is 35.9 Å². The second kappa shape index (κ2) is 10.9. The van der Waals surface area contributed by atoms with Crippen LogP contribution in [0.2, 0.25) is 0 Å². The zero-order valence-electron chi connectivity index (χ0n) is 15.0. The maximum Gasteiger partial charge on any atom is 0.255 e. The summed E-state index contributed by atoms with van der Waals surface area (Å²) in [6, 6.07) is 8.85. The first-order valence-electron chi connectivity index (χ1n) is 8.47. The van der Waals surface area contributed by atoms with Gasteiger partial charge in [-0.25, -0.2) is 0 Å². The number of pyridine rings is 1. The molecule has 1 aromatic carbocycles. The maximum absolute atomic E-state index is 12.4. The number of nitrogens with one attached hydrogen (secondary N) is 3. The van der Waals surface area contributed by atoms with Gasteiger partial charge in [-0.3, -0.25) is 14.6 Å². The number of benzene rings is 1. The highest BCUT2D eigenvalue weighted by Gasteiger charge is 2.21. The van der Waals surface area contributed by atoms with E-state index < -0.39 is 0 Å². The fourth-order valence-corrected chi connectivity index (χ4v) is 2.85. The average molecular weight is 411 g/mol. The number of anilines is 2. The minimum Gasteiger partial charge on any atom is -0.326 e. The van der Waals surface area contributed by atoms with E-state index >= 15 is 0 Å². The Morgan fingerprint density at radius 2 is 1.85 bits per heavy atom. The van der Waals surface area contributed by atoms with E-state index in [2.05, 4.69) is 20.9 Å². The molecule has 1 atom stereocenters. The van der Waals surface area contributed by atoms with E-state index in [0.29, 0.717) is 23.5 Å². The lowest BCUT2D eigenvalue weighted by molar-refractivity contribution is -0.120. The molecule has 3 rings (SSSR count). The predicted octanol–water partition coefficient (Wildman–Crippen LogP) is 3.42. The number of halogens is 2. The Kier molecular flexibility index (Phi) is 9.21. The van der Waals surface area contributed by atoms with Crippen LogP contribution in [0.15, 0.2) is 42.7 Å². The molecular weight excluding hydrogens is 387 g/mol. The van der Waals surface area contributed by atoms with E-state index in [1.165, 1.54) is 0 Å². The van der Waals surface area contributed by atoms with Crippen LogP contribution in [0, 0.1) is 12.8 Å². The average Bonchev–Trinajstić information content (AvgIpc) is 2.66. The Bertz CT molecular complexity index is 766. The highest BCUT2D eigenvalue weighted by atomic mass is 35.5. The van der Waals surface area contributed by atoms with Crippen molar-refractivity contribution in [2.45, 2.75) is 19.8 Å². The number of carbonyl (C=O) groups excluding carboxylic acids is 2. The summed E-state index contributed by atoms with van der Waals surface area (Å²) < 4.78 is 0. The molecule has 1 fully saturated rings. The van der Waals surface area contributed by atoms with Gasteiger partial charge < -0.3 is 16.0 Å². The van der Waals surface area contributed by atoms with E-state index in [9.17, 15) is 9.59 Å². The van der Waals surface area contributed by atoms with Crippen molar-refractivity contribution in [2.75, 3.05) is 23.7 Å². The zero-order chi connectivity index (χ0) is 17.6.